The number of aliphatic hydroxyl groups is 1. The molecule has 1 aromatic rings. The summed E-state index contributed by atoms with van der Waals surface area (Å²) in [5.41, 5.74) is -1.69. The molecule has 106 valence electrons. The van der Waals surface area contributed by atoms with Gasteiger partial charge in [0.05, 0.1) is 12.7 Å². The molecule has 1 fully saturated rings. The van der Waals surface area contributed by atoms with Gasteiger partial charge in [-0.1, -0.05) is 0 Å². The topological polar surface area (TPSA) is 84.3 Å². The van der Waals surface area contributed by atoms with E-state index in [1.54, 1.807) is 0 Å². The Bertz CT molecular complexity index is 565. The second kappa shape index (κ2) is 4.82. The molecule has 0 bridgehead atoms. The van der Waals surface area contributed by atoms with E-state index < -0.39 is 48.7 Å². The van der Waals surface area contributed by atoms with Gasteiger partial charge in [-0.3, -0.25) is 14.3 Å². The fourth-order valence-electron chi connectivity index (χ4n) is 2.05. The molecule has 6 nitrogen and oxygen atoms in total. The molecular weight excluding hydrogens is 269 g/mol. The van der Waals surface area contributed by atoms with Gasteiger partial charge in [0.1, 0.15) is 12.1 Å². The SMILES string of the molecule is O=c1ccn([C@@H]2O[C@H](CO)CC2C(F)(F)F)c(=O)[nH]1. The van der Waals surface area contributed by atoms with E-state index in [0.717, 1.165) is 12.3 Å². The van der Waals surface area contributed by atoms with Gasteiger partial charge in [0.2, 0.25) is 0 Å². The van der Waals surface area contributed by atoms with Crippen LogP contribution in [0, 0.1) is 5.92 Å². The van der Waals surface area contributed by atoms with Crippen molar-refractivity contribution in [1.29, 1.82) is 0 Å². The molecule has 1 aliphatic heterocycles. The van der Waals surface area contributed by atoms with Crippen LogP contribution >= 0.6 is 0 Å². The molecule has 0 spiro atoms. The minimum absolute atomic E-state index is 0.434. The van der Waals surface area contributed by atoms with Crippen LogP contribution in [-0.4, -0.2) is 33.5 Å². The molecule has 9 heteroatoms. The van der Waals surface area contributed by atoms with Crippen molar-refractivity contribution in [2.24, 2.45) is 5.92 Å². The summed E-state index contributed by atoms with van der Waals surface area (Å²) >= 11 is 0. The molecule has 3 atom stereocenters. The summed E-state index contributed by atoms with van der Waals surface area (Å²) in [5, 5.41) is 8.89. The zero-order valence-corrected chi connectivity index (χ0v) is 9.55. The monoisotopic (exact) mass is 280 g/mol. The van der Waals surface area contributed by atoms with Crippen LogP contribution < -0.4 is 11.2 Å². The molecule has 19 heavy (non-hydrogen) atoms. The first-order valence-electron chi connectivity index (χ1n) is 5.47. The first-order valence-corrected chi connectivity index (χ1v) is 5.47. The van der Waals surface area contributed by atoms with E-state index in [4.69, 9.17) is 9.84 Å². The van der Waals surface area contributed by atoms with Gasteiger partial charge >= 0.3 is 11.9 Å². The number of aromatic nitrogens is 2. The molecular formula is C10H11F3N2O4. The van der Waals surface area contributed by atoms with Crippen molar-refractivity contribution in [3.05, 3.63) is 33.1 Å². The van der Waals surface area contributed by atoms with E-state index in [2.05, 4.69) is 0 Å². The minimum Gasteiger partial charge on any atom is -0.394 e. The lowest BCUT2D eigenvalue weighted by Crippen LogP contribution is -2.37. The molecule has 1 saturated heterocycles. The second-order valence-corrected chi connectivity index (χ2v) is 4.23. The summed E-state index contributed by atoms with van der Waals surface area (Å²) in [6.45, 7) is -0.568. The molecule has 1 unspecified atom stereocenters. The average Bonchev–Trinajstić information content (AvgIpc) is 2.72. The van der Waals surface area contributed by atoms with Crippen LogP contribution in [0.4, 0.5) is 13.2 Å². The maximum Gasteiger partial charge on any atom is 0.396 e. The van der Waals surface area contributed by atoms with Gasteiger partial charge in [-0.05, 0) is 6.42 Å². The Morgan fingerprint density at radius 2 is 2.16 bits per heavy atom. The maximum absolute atomic E-state index is 12.9. The Kier molecular flexibility index (Phi) is 3.50. The van der Waals surface area contributed by atoms with Gasteiger partial charge in [0.15, 0.2) is 0 Å². The fourth-order valence-corrected chi connectivity index (χ4v) is 2.05. The normalized spacial score (nSPS) is 27.7. The lowest BCUT2D eigenvalue weighted by Gasteiger charge is -2.22. The van der Waals surface area contributed by atoms with Gasteiger partial charge in [-0.25, -0.2) is 4.79 Å². The number of ether oxygens (including phenoxy) is 1. The van der Waals surface area contributed by atoms with Crippen LogP contribution in [0.25, 0.3) is 0 Å². The van der Waals surface area contributed by atoms with Crippen LogP contribution in [0.1, 0.15) is 12.6 Å². The summed E-state index contributed by atoms with van der Waals surface area (Å²) < 4.78 is 44.3. The third-order valence-electron chi connectivity index (χ3n) is 2.94. The highest BCUT2D eigenvalue weighted by Gasteiger charge is 2.52. The Labute approximate surface area is 104 Å². The molecule has 0 amide bonds. The first-order chi connectivity index (χ1) is 8.82. The van der Waals surface area contributed by atoms with E-state index in [1.165, 1.54) is 0 Å². The number of hydrogen-bond donors (Lipinski definition) is 2. The number of alkyl halides is 3. The van der Waals surface area contributed by atoms with Crippen molar-refractivity contribution < 1.29 is 23.0 Å². The van der Waals surface area contributed by atoms with Crippen LogP contribution in [0.2, 0.25) is 0 Å². The summed E-state index contributed by atoms with van der Waals surface area (Å²) in [6, 6.07) is 0.935. The zero-order chi connectivity index (χ0) is 14.2. The molecule has 0 aliphatic carbocycles. The summed E-state index contributed by atoms with van der Waals surface area (Å²) in [5.74, 6) is -1.91. The number of hydrogen-bond acceptors (Lipinski definition) is 4. The van der Waals surface area contributed by atoms with Crippen LogP contribution in [0.15, 0.2) is 21.9 Å². The second-order valence-electron chi connectivity index (χ2n) is 4.23. The van der Waals surface area contributed by atoms with Crippen LogP contribution in [0.5, 0.6) is 0 Å². The Hall–Kier alpha value is -1.61. The third-order valence-corrected chi connectivity index (χ3v) is 2.94. The van der Waals surface area contributed by atoms with Gasteiger partial charge in [-0.15, -0.1) is 0 Å². The van der Waals surface area contributed by atoms with Gasteiger partial charge in [-0.2, -0.15) is 13.2 Å². The Morgan fingerprint density at radius 3 is 2.68 bits per heavy atom. The van der Waals surface area contributed by atoms with Crippen LogP contribution in [-0.2, 0) is 4.74 Å². The van der Waals surface area contributed by atoms with E-state index in [0.29, 0.717) is 4.57 Å². The summed E-state index contributed by atoms with van der Waals surface area (Å²) in [6.07, 6.45) is -6.62. The third kappa shape index (κ3) is 2.71. The van der Waals surface area contributed by atoms with E-state index in [9.17, 15) is 22.8 Å². The number of H-pyrrole nitrogens is 1. The maximum atomic E-state index is 12.9. The largest absolute Gasteiger partial charge is 0.396 e. The summed E-state index contributed by atoms with van der Waals surface area (Å²) in [4.78, 5) is 24.2. The number of aromatic amines is 1. The van der Waals surface area contributed by atoms with Crippen LogP contribution in [0.3, 0.4) is 0 Å². The average molecular weight is 280 g/mol. The van der Waals surface area contributed by atoms with Crippen molar-refractivity contribution in [2.45, 2.75) is 24.9 Å². The highest BCUT2D eigenvalue weighted by molar-refractivity contribution is 4.90. The quantitative estimate of drug-likeness (QED) is 0.798. The number of aliphatic hydroxyl groups excluding tert-OH is 1. The number of halogens is 3. The summed E-state index contributed by atoms with van der Waals surface area (Å²) in [7, 11) is 0. The minimum atomic E-state index is -4.57. The Balaban J connectivity index is 2.40. The number of nitrogens with zero attached hydrogens (tertiary/aromatic N) is 1. The van der Waals surface area contributed by atoms with Crippen molar-refractivity contribution in [2.75, 3.05) is 6.61 Å². The molecule has 0 saturated carbocycles. The zero-order valence-electron chi connectivity index (χ0n) is 9.55. The molecule has 2 rings (SSSR count). The van der Waals surface area contributed by atoms with Crippen molar-refractivity contribution in [1.82, 2.24) is 9.55 Å². The molecule has 1 aliphatic rings. The predicted molar refractivity (Wildman–Crippen MR) is 56.5 cm³/mol. The Morgan fingerprint density at radius 1 is 1.47 bits per heavy atom. The first kappa shape index (κ1) is 13.8. The highest BCUT2D eigenvalue weighted by atomic mass is 19.4. The highest BCUT2D eigenvalue weighted by Crippen LogP contribution is 2.43. The van der Waals surface area contributed by atoms with Crippen molar-refractivity contribution >= 4 is 0 Å². The van der Waals surface area contributed by atoms with Crippen molar-refractivity contribution in [3.63, 3.8) is 0 Å². The molecule has 2 heterocycles. The standard InChI is InChI=1S/C10H11F3N2O4/c11-10(12,13)6-3-5(4-16)19-8(6)15-2-1-7(17)14-9(15)18/h1-2,5-6,8,16H,3-4H2,(H,14,17,18)/t5-,6?,8+/m0/s1. The lowest BCUT2D eigenvalue weighted by molar-refractivity contribution is -0.198. The molecule has 0 radical (unpaired) electrons. The van der Waals surface area contributed by atoms with Gasteiger partial charge in [0.25, 0.3) is 5.56 Å². The lowest BCUT2D eigenvalue weighted by atomic mass is 10.0. The van der Waals surface area contributed by atoms with E-state index in [-0.39, 0.29) is 0 Å². The smallest absolute Gasteiger partial charge is 0.394 e. The van der Waals surface area contributed by atoms with E-state index >= 15 is 0 Å². The van der Waals surface area contributed by atoms with E-state index in [1.807, 2.05) is 4.98 Å². The molecule has 2 N–H and O–H groups in total. The molecule has 0 aromatic carbocycles. The van der Waals surface area contributed by atoms with Gasteiger partial charge in [0, 0.05) is 12.3 Å². The number of nitrogens with one attached hydrogen (secondary N) is 1. The predicted octanol–water partition coefficient (Wildman–Crippen LogP) is -0.00510. The fraction of sp³-hybridized carbons (Fsp3) is 0.600. The van der Waals surface area contributed by atoms with Gasteiger partial charge < -0.3 is 9.84 Å². The van der Waals surface area contributed by atoms with Crippen molar-refractivity contribution in [3.8, 4) is 0 Å². The number of rotatable bonds is 2. The molecule has 1 aromatic heterocycles.